The van der Waals surface area contributed by atoms with E-state index in [0.29, 0.717) is 6.54 Å². The number of nitrogens with zero attached hydrogens (tertiary/aromatic N) is 3. The summed E-state index contributed by atoms with van der Waals surface area (Å²) in [5.74, 6) is 0.752. The van der Waals surface area contributed by atoms with Crippen LogP contribution in [-0.2, 0) is 16.6 Å². The Balaban J connectivity index is 2.24. The second-order valence-corrected chi connectivity index (χ2v) is 7.79. The molecule has 1 aromatic rings. The molecule has 20 heavy (non-hydrogen) atoms. The normalized spacial score (nSPS) is 20.6. The predicted octanol–water partition coefficient (Wildman–Crippen LogP) is 2.54. The highest BCUT2D eigenvalue weighted by Gasteiger charge is 2.36. The zero-order valence-electron chi connectivity index (χ0n) is 12.0. The van der Waals surface area contributed by atoms with Gasteiger partial charge in [-0.2, -0.15) is 4.31 Å². The average molecular weight is 364 g/mol. The van der Waals surface area contributed by atoms with Crippen LogP contribution in [0.15, 0.2) is 11.2 Å². The molecule has 0 spiro atoms. The molecular formula is C13H22BrN3O2S. The van der Waals surface area contributed by atoms with E-state index < -0.39 is 10.0 Å². The summed E-state index contributed by atoms with van der Waals surface area (Å²) in [5.41, 5.74) is 0. The summed E-state index contributed by atoms with van der Waals surface area (Å²) in [6.07, 6.45) is 5.47. The number of aromatic nitrogens is 2. The molecule has 1 unspecified atom stereocenters. The van der Waals surface area contributed by atoms with Crippen molar-refractivity contribution in [3.63, 3.8) is 0 Å². The van der Waals surface area contributed by atoms with Crippen LogP contribution in [0.2, 0.25) is 0 Å². The number of hydrogen-bond acceptors (Lipinski definition) is 3. The van der Waals surface area contributed by atoms with Gasteiger partial charge < -0.3 is 4.57 Å². The molecule has 5 nitrogen and oxygen atoms in total. The molecule has 1 aliphatic heterocycles. The quantitative estimate of drug-likeness (QED) is 0.729. The number of sulfonamides is 1. The number of alkyl halides is 1. The summed E-state index contributed by atoms with van der Waals surface area (Å²) in [4.78, 5) is 4.24. The van der Waals surface area contributed by atoms with Crippen molar-refractivity contribution in [2.24, 2.45) is 0 Å². The third kappa shape index (κ3) is 3.09. The van der Waals surface area contributed by atoms with Gasteiger partial charge >= 0.3 is 0 Å². The Kier molecular flexibility index (Phi) is 5.25. The van der Waals surface area contributed by atoms with Gasteiger partial charge in [-0.15, -0.1) is 0 Å². The average Bonchev–Trinajstić information content (AvgIpc) is 3.02. The first-order valence-corrected chi connectivity index (χ1v) is 9.68. The minimum absolute atomic E-state index is 0.129. The van der Waals surface area contributed by atoms with Gasteiger partial charge in [0, 0.05) is 30.7 Å². The van der Waals surface area contributed by atoms with Crippen molar-refractivity contribution in [3.8, 4) is 0 Å². The molecule has 0 bridgehead atoms. The molecule has 0 amide bonds. The zero-order valence-corrected chi connectivity index (χ0v) is 14.5. The van der Waals surface area contributed by atoms with Crippen molar-refractivity contribution in [1.29, 1.82) is 0 Å². The van der Waals surface area contributed by atoms with Crippen molar-refractivity contribution >= 4 is 26.0 Å². The van der Waals surface area contributed by atoms with E-state index >= 15 is 0 Å². The fourth-order valence-electron chi connectivity index (χ4n) is 2.77. The van der Waals surface area contributed by atoms with Crippen molar-refractivity contribution in [1.82, 2.24) is 13.9 Å². The van der Waals surface area contributed by atoms with Crippen LogP contribution in [0.3, 0.4) is 0 Å². The smallest absolute Gasteiger partial charge is 0.262 e. The largest absolute Gasteiger partial charge is 0.334 e. The highest BCUT2D eigenvalue weighted by Crippen LogP contribution is 2.28. The molecule has 0 aliphatic carbocycles. The topological polar surface area (TPSA) is 55.2 Å². The number of hydrogen-bond donors (Lipinski definition) is 0. The number of imidazole rings is 1. The fraction of sp³-hybridized carbons (Fsp3) is 0.769. The van der Waals surface area contributed by atoms with Gasteiger partial charge in [0.25, 0.3) is 10.0 Å². The van der Waals surface area contributed by atoms with Crippen LogP contribution in [0.25, 0.3) is 0 Å². The van der Waals surface area contributed by atoms with E-state index in [1.165, 1.54) is 0 Å². The molecule has 2 rings (SSSR count). The molecule has 0 aromatic carbocycles. The van der Waals surface area contributed by atoms with Crippen LogP contribution < -0.4 is 0 Å². The lowest BCUT2D eigenvalue weighted by atomic mass is 10.1. The lowest BCUT2D eigenvalue weighted by molar-refractivity contribution is 0.368. The summed E-state index contributed by atoms with van der Waals surface area (Å²) >= 11 is 3.41. The third-order valence-corrected chi connectivity index (χ3v) is 6.25. The van der Waals surface area contributed by atoms with Gasteiger partial charge in [0.05, 0.1) is 0 Å². The van der Waals surface area contributed by atoms with E-state index in [1.807, 2.05) is 18.4 Å². The van der Waals surface area contributed by atoms with Crippen LogP contribution in [0.5, 0.6) is 0 Å². The molecule has 1 atom stereocenters. The van der Waals surface area contributed by atoms with Gasteiger partial charge in [0.15, 0.2) is 5.03 Å². The van der Waals surface area contributed by atoms with E-state index in [9.17, 15) is 8.42 Å². The molecule has 114 valence electrons. The Hall–Kier alpha value is -0.400. The monoisotopic (exact) mass is 363 g/mol. The van der Waals surface area contributed by atoms with Gasteiger partial charge in [-0.1, -0.05) is 15.9 Å². The molecule has 1 aliphatic rings. The Morgan fingerprint density at radius 3 is 2.85 bits per heavy atom. The SMILES string of the molecule is CCn1cc(S(=O)(=O)N2CCCC2CCCBr)nc1C. The maximum atomic E-state index is 12.7. The van der Waals surface area contributed by atoms with Crippen LogP contribution in [-0.4, -0.2) is 40.2 Å². The minimum atomic E-state index is -3.44. The first-order chi connectivity index (χ1) is 9.50. The minimum Gasteiger partial charge on any atom is -0.334 e. The summed E-state index contributed by atoms with van der Waals surface area (Å²) in [6, 6.07) is 0.129. The lowest BCUT2D eigenvalue weighted by Gasteiger charge is -2.22. The molecule has 0 radical (unpaired) electrons. The fourth-order valence-corrected chi connectivity index (χ4v) is 4.82. The first-order valence-electron chi connectivity index (χ1n) is 7.12. The second-order valence-electron chi connectivity index (χ2n) is 5.16. The van der Waals surface area contributed by atoms with Gasteiger partial charge in [-0.3, -0.25) is 0 Å². The van der Waals surface area contributed by atoms with Crippen molar-refractivity contribution in [3.05, 3.63) is 12.0 Å². The highest BCUT2D eigenvalue weighted by atomic mass is 79.9. The maximum absolute atomic E-state index is 12.7. The van der Waals surface area contributed by atoms with Crippen LogP contribution >= 0.6 is 15.9 Å². The Labute approximate surface area is 129 Å². The lowest BCUT2D eigenvalue weighted by Crippen LogP contribution is -2.35. The van der Waals surface area contributed by atoms with Gasteiger partial charge in [-0.25, -0.2) is 13.4 Å². The summed E-state index contributed by atoms with van der Waals surface area (Å²) < 4.78 is 29.0. The molecule has 7 heteroatoms. The Bertz CT molecular complexity index is 556. The third-order valence-electron chi connectivity index (χ3n) is 3.86. The summed E-state index contributed by atoms with van der Waals surface area (Å²) in [7, 11) is -3.44. The van der Waals surface area contributed by atoms with Crippen molar-refractivity contribution in [2.45, 2.75) is 57.1 Å². The Morgan fingerprint density at radius 2 is 2.25 bits per heavy atom. The molecule has 1 aromatic heterocycles. The van der Waals surface area contributed by atoms with E-state index in [1.54, 1.807) is 10.5 Å². The van der Waals surface area contributed by atoms with E-state index in [-0.39, 0.29) is 11.1 Å². The molecule has 1 saturated heterocycles. The predicted molar refractivity (Wildman–Crippen MR) is 82.6 cm³/mol. The van der Waals surface area contributed by atoms with E-state index in [2.05, 4.69) is 20.9 Å². The van der Waals surface area contributed by atoms with Gasteiger partial charge in [0.1, 0.15) is 5.82 Å². The molecular weight excluding hydrogens is 342 g/mol. The van der Waals surface area contributed by atoms with Crippen molar-refractivity contribution < 1.29 is 8.42 Å². The molecule has 1 fully saturated rings. The number of rotatable bonds is 6. The molecule has 0 N–H and O–H groups in total. The van der Waals surface area contributed by atoms with E-state index in [0.717, 1.165) is 43.4 Å². The van der Waals surface area contributed by atoms with Crippen LogP contribution in [0.1, 0.15) is 38.4 Å². The number of aryl methyl sites for hydroxylation is 2. The van der Waals surface area contributed by atoms with Crippen LogP contribution in [0, 0.1) is 6.92 Å². The Morgan fingerprint density at radius 1 is 1.50 bits per heavy atom. The first kappa shape index (κ1) is 16.0. The van der Waals surface area contributed by atoms with E-state index in [4.69, 9.17) is 0 Å². The summed E-state index contributed by atoms with van der Waals surface area (Å²) in [5, 5.41) is 1.11. The summed E-state index contributed by atoms with van der Waals surface area (Å²) in [6.45, 7) is 5.18. The standard InChI is InChI=1S/C13H22BrN3O2S/c1-3-16-10-13(15-11(16)2)20(18,19)17-9-5-7-12(17)6-4-8-14/h10,12H,3-9H2,1-2H3. The molecule has 0 saturated carbocycles. The highest BCUT2D eigenvalue weighted by molar-refractivity contribution is 9.09. The zero-order chi connectivity index (χ0) is 14.8. The second kappa shape index (κ2) is 6.58. The van der Waals surface area contributed by atoms with Crippen LogP contribution in [0.4, 0.5) is 0 Å². The van der Waals surface area contributed by atoms with Gasteiger partial charge in [-0.05, 0) is 39.5 Å². The van der Waals surface area contributed by atoms with Crippen molar-refractivity contribution in [2.75, 3.05) is 11.9 Å². The number of halogens is 1. The van der Waals surface area contributed by atoms with Gasteiger partial charge in [0.2, 0.25) is 0 Å². The molecule has 2 heterocycles. The maximum Gasteiger partial charge on any atom is 0.262 e.